The summed E-state index contributed by atoms with van der Waals surface area (Å²) in [4.78, 5) is 48.7. The van der Waals surface area contributed by atoms with Crippen molar-refractivity contribution >= 4 is 41.1 Å². The van der Waals surface area contributed by atoms with Crippen molar-refractivity contribution in [2.45, 2.75) is 27.7 Å². The van der Waals surface area contributed by atoms with Gasteiger partial charge in [-0.1, -0.05) is 13.8 Å². The lowest BCUT2D eigenvalue weighted by atomic mass is 10.0. The molecular weight excluding hydrogens is 459 g/mol. The molecule has 11 heteroatoms. The molecule has 0 bridgehead atoms. The lowest BCUT2D eigenvalue weighted by Crippen LogP contribution is -2.35. The van der Waals surface area contributed by atoms with E-state index in [9.17, 15) is 14.0 Å². The number of nitrogens with one attached hydrogen (secondary N) is 3. The van der Waals surface area contributed by atoms with Gasteiger partial charge in [0.15, 0.2) is 0 Å². The molecule has 5 N–H and O–H groups in total. The Labute approximate surface area is 201 Å². The molecule has 2 heterocycles. The minimum absolute atomic E-state index is 0.143. The monoisotopic (exact) mass is 488 g/mol. The molecule has 2 aromatic rings. The van der Waals surface area contributed by atoms with Gasteiger partial charge in [0.25, 0.3) is 11.8 Å². The number of aryl methyl sites for hydroxylation is 1. The molecule has 0 saturated heterocycles. The normalized spacial score (nSPS) is 13.2. The van der Waals surface area contributed by atoms with Crippen LogP contribution in [0.1, 0.15) is 46.7 Å². The molecule has 1 aromatic carbocycles. The second-order valence-electron chi connectivity index (χ2n) is 7.76. The van der Waals surface area contributed by atoms with E-state index in [1.807, 2.05) is 13.8 Å². The number of rotatable bonds is 7. The van der Waals surface area contributed by atoms with Crippen LogP contribution in [0.4, 0.5) is 10.1 Å². The van der Waals surface area contributed by atoms with Gasteiger partial charge in [0.1, 0.15) is 5.82 Å². The highest BCUT2D eigenvalue weighted by Gasteiger charge is 2.26. The van der Waals surface area contributed by atoms with E-state index in [0.29, 0.717) is 34.6 Å². The van der Waals surface area contributed by atoms with Gasteiger partial charge >= 0.3 is 11.9 Å². The van der Waals surface area contributed by atoms with Gasteiger partial charge in [-0.15, -0.1) is 0 Å². The number of carbonyl (C=O) groups is 4. The van der Waals surface area contributed by atoms with Crippen LogP contribution in [0.15, 0.2) is 18.2 Å². The molecule has 0 fully saturated rings. The third-order valence-electron chi connectivity index (χ3n) is 5.55. The van der Waals surface area contributed by atoms with E-state index in [1.165, 1.54) is 12.1 Å². The van der Waals surface area contributed by atoms with E-state index in [0.717, 1.165) is 30.9 Å². The highest BCUT2D eigenvalue weighted by Crippen LogP contribution is 2.34. The van der Waals surface area contributed by atoms with Gasteiger partial charge in [-0.2, -0.15) is 0 Å². The van der Waals surface area contributed by atoms with Crippen molar-refractivity contribution in [3.8, 4) is 0 Å². The number of halogens is 1. The predicted molar refractivity (Wildman–Crippen MR) is 129 cm³/mol. The van der Waals surface area contributed by atoms with Crippen LogP contribution in [-0.2, 0) is 14.4 Å². The molecule has 188 valence electrons. The van der Waals surface area contributed by atoms with Crippen molar-refractivity contribution in [3.63, 3.8) is 0 Å². The molecule has 1 aromatic heterocycles. The number of hydrogen-bond acceptors (Lipinski definition) is 5. The number of hydrogen-bond donors (Lipinski definition) is 5. The SMILES string of the molecule is CCN(CC)CCNC(=O)c1c(C)[nH]c(C=C2C(=O)Nc3ccc(F)cc32)c1C.O=C(O)C(=O)O. The number of aliphatic carboxylic acids is 2. The standard InChI is InChI=1S/C22H27FN4O2.C2H2O4/c1-5-27(6-2)10-9-24-22(29)20-13(3)19(25-14(20)4)12-17-16-11-15(23)7-8-18(16)26-21(17)28;3-1(4)2(5)6/h7-8,11-12,25H,5-6,9-10H2,1-4H3,(H,24,29)(H,26,28);(H,3,4)(H,5,6). The zero-order valence-electron chi connectivity index (χ0n) is 20.0. The van der Waals surface area contributed by atoms with Gasteiger partial charge in [-0.05, 0) is 56.8 Å². The number of benzene rings is 1. The van der Waals surface area contributed by atoms with Gasteiger partial charge in [-0.3, -0.25) is 9.59 Å². The maximum atomic E-state index is 13.7. The van der Waals surface area contributed by atoms with Crippen molar-refractivity contribution in [1.29, 1.82) is 0 Å². The fourth-order valence-corrected chi connectivity index (χ4v) is 3.66. The summed E-state index contributed by atoms with van der Waals surface area (Å²) in [6.07, 6.45) is 1.68. The number of aromatic nitrogens is 1. The molecule has 0 unspecified atom stereocenters. The number of anilines is 1. The zero-order valence-corrected chi connectivity index (χ0v) is 20.0. The van der Waals surface area contributed by atoms with E-state index < -0.39 is 17.8 Å². The summed E-state index contributed by atoms with van der Waals surface area (Å²) in [5, 5.41) is 20.5. The Balaban J connectivity index is 0.000000641. The zero-order chi connectivity index (χ0) is 26.3. The predicted octanol–water partition coefficient (Wildman–Crippen LogP) is 2.49. The average Bonchev–Trinajstić information content (AvgIpc) is 3.26. The molecular formula is C24H29FN4O6. The number of aromatic amines is 1. The molecule has 1 aliphatic rings. The average molecular weight is 489 g/mol. The van der Waals surface area contributed by atoms with E-state index >= 15 is 0 Å². The molecule has 2 amide bonds. The van der Waals surface area contributed by atoms with Gasteiger partial charge in [0.2, 0.25) is 0 Å². The van der Waals surface area contributed by atoms with Crippen LogP contribution in [0, 0.1) is 19.7 Å². The first-order chi connectivity index (χ1) is 16.5. The van der Waals surface area contributed by atoms with Crippen LogP contribution in [0.5, 0.6) is 0 Å². The fraction of sp³-hybridized carbons (Fsp3) is 0.333. The molecule has 0 spiro atoms. The number of carbonyl (C=O) groups excluding carboxylic acids is 2. The number of amides is 2. The van der Waals surface area contributed by atoms with Crippen molar-refractivity contribution in [3.05, 3.63) is 52.1 Å². The fourth-order valence-electron chi connectivity index (χ4n) is 3.66. The van der Waals surface area contributed by atoms with Gasteiger partial charge < -0.3 is 30.7 Å². The van der Waals surface area contributed by atoms with Crippen LogP contribution >= 0.6 is 0 Å². The first-order valence-electron chi connectivity index (χ1n) is 11.0. The number of likely N-dealkylation sites (N-methyl/N-ethyl adjacent to an activating group) is 1. The van der Waals surface area contributed by atoms with Crippen LogP contribution in [0.25, 0.3) is 11.6 Å². The molecule has 35 heavy (non-hydrogen) atoms. The van der Waals surface area contributed by atoms with Gasteiger partial charge in [-0.25, -0.2) is 14.0 Å². The molecule has 10 nitrogen and oxygen atoms in total. The topological polar surface area (TPSA) is 152 Å². The van der Waals surface area contributed by atoms with Crippen LogP contribution in [0.2, 0.25) is 0 Å². The summed E-state index contributed by atoms with van der Waals surface area (Å²) >= 11 is 0. The molecule has 0 radical (unpaired) electrons. The molecule has 0 saturated carbocycles. The Kier molecular flexibility index (Phi) is 9.29. The molecule has 0 atom stereocenters. The first kappa shape index (κ1) is 27.3. The van der Waals surface area contributed by atoms with Crippen LogP contribution in [0.3, 0.4) is 0 Å². The highest BCUT2D eigenvalue weighted by molar-refractivity contribution is 6.35. The van der Waals surface area contributed by atoms with Crippen molar-refractivity contribution in [2.24, 2.45) is 0 Å². The number of carboxylic acids is 2. The van der Waals surface area contributed by atoms with Gasteiger partial charge in [0, 0.05) is 35.7 Å². The first-order valence-corrected chi connectivity index (χ1v) is 11.0. The van der Waals surface area contributed by atoms with E-state index in [4.69, 9.17) is 19.8 Å². The van der Waals surface area contributed by atoms with E-state index in [-0.39, 0.29) is 11.8 Å². The van der Waals surface area contributed by atoms with Gasteiger partial charge in [0.05, 0.1) is 11.1 Å². The largest absolute Gasteiger partial charge is 0.473 e. The third-order valence-corrected chi connectivity index (χ3v) is 5.55. The maximum absolute atomic E-state index is 13.7. The Morgan fingerprint density at radius 3 is 2.31 bits per heavy atom. The highest BCUT2D eigenvalue weighted by atomic mass is 19.1. The summed E-state index contributed by atoms with van der Waals surface area (Å²) in [6, 6.07) is 4.20. The second kappa shape index (κ2) is 11.9. The minimum Gasteiger partial charge on any atom is -0.473 e. The van der Waals surface area contributed by atoms with E-state index in [2.05, 4.69) is 34.4 Å². The number of H-pyrrole nitrogens is 1. The summed E-state index contributed by atoms with van der Waals surface area (Å²) in [6.45, 7) is 11.1. The van der Waals surface area contributed by atoms with Crippen LogP contribution < -0.4 is 10.6 Å². The Morgan fingerprint density at radius 1 is 1.11 bits per heavy atom. The van der Waals surface area contributed by atoms with Crippen molar-refractivity contribution in [2.75, 3.05) is 31.5 Å². The van der Waals surface area contributed by atoms with Crippen molar-refractivity contribution in [1.82, 2.24) is 15.2 Å². The molecule has 0 aliphatic carbocycles. The Bertz CT molecular complexity index is 1160. The number of fused-ring (bicyclic) bond motifs is 1. The quantitative estimate of drug-likeness (QED) is 0.297. The summed E-state index contributed by atoms with van der Waals surface area (Å²) in [5.74, 6) is -4.48. The second-order valence-corrected chi connectivity index (χ2v) is 7.76. The summed E-state index contributed by atoms with van der Waals surface area (Å²) < 4.78 is 13.7. The molecule has 1 aliphatic heterocycles. The van der Waals surface area contributed by atoms with Crippen molar-refractivity contribution < 1.29 is 33.8 Å². The summed E-state index contributed by atoms with van der Waals surface area (Å²) in [5.41, 5.74) is 4.20. The lowest BCUT2D eigenvalue weighted by molar-refractivity contribution is -0.159. The van der Waals surface area contributed by atoms with E-state index in [1.54, 1.807) is 12.1 Å². The number of nitrogens with zero attached hydrogens (tertiary/aromatic N) is 1. The van der Waals surface area contributed by atoms with Crippen LogP contribution in [-0.4, -0.2) is 70.0 Å². The Hall–Kier alpha value is -3.99. The third kappa shape index (κ3) is 6.76. The maximum Gasteiger partial charge on any atom is 0.414 e. The minimum atomic E-state index is -1.82. The Morgan fingerprint density at radius 2 is 1.74 bits per heavy atom. The lowest BCUT2D eigenvalue weighted by Gasteiger charge is -2.18. The smallest absolute Gasteiger partial charge is 0.414 e. The molecule has 3 rings (SSSR count). The number of carboxylic acid groups (broad SMARTS) is 2. The summed E-state index contributed by atoms with van der Waals surface area (Å²) in [7, 11) is 0.